The Hall–Kier alpha value is -1.70. The van der Waals surface area contributed by atoms with Crippen LogP contribution in [0.1, 0.15) is 5.56 Å². The van der Waals surface area contributed by atoms with Crippen LogP contribution in [0, 0.1) is 11.6 Å². The minimum Gasteiger partial charge on any atom is -0.375 e. The van der Waals surface area contributed by atoms with E-state index in [2.05, 4.69) is 4.98 Å². The molecule has 2 aromatic rings. The van der Waals surface area contributed by atoms with Crippen molar-refractivity contribution < 1.29 is 22.0 Å². The predicted molar refractivity (Wildman–Crippen MR) is 56.9 cm³/mol. The molecule has 0 saturated carbocycles. The van der Waals surface area contributed by atoms with Crippen molar-refractivity contribution >= 4 is 16.5 Å². The summed E-state index contributed by atoms with van der Waals surface area (Å²) in [6.45, 7) is 0. The van der Waals surface area contributed by atoms with Crippen LogP contribution in [0.5, 0.6) is 0 Å². The molecule has 0 spiro atoms. The summed E-state index contributed by atoms with van der Waals surface area (Å²) in [7, 11) is 0. The van der Waals surface area contributed by atoms with Crippen LogP contribution in [0.25, 0.3) is 11.3 Å². The first kappa shape index (κ1) is 12.7. The smallest absolute Gasteiger partial charge is 0.375 e. The third kappa shape index (κ3) is 2.15. The van der Waals surface area contributed by atoms with Crippen molar-refractivity contribution in [2.45, 2.75) is 6.18 Å². The summed E-state index contributed by atoms with van der Waals surface area (Å²) >= 11 is 0.979. The average Bonchev–Trinajstić information content (AvgIpc) is 2.67. The molecule has 8 heteroatoms. The van der Waals surface area contributed by atoms with Gasteiger partial charge in [-0.15, -0.1) is 11.3 Å². The van der Waals surface area contributed by atoms with Gasteiger partial charge in [-0.2, -0.15) is 13.2 Å². The van der Waals surface area contributed by atoms with Gasteiger partial charge in [0.05, 0.1) is 11.3 Å². The first-order valence-electron chi connectivity index (χ1n) is 4.57. The Kier molecular flexibility index (Phi) is 2.97. The zero-order chi connectivity index (χ0) is 13.5. The van der Waals surface area contributed by atoms with E-state index < -0.39 is 23.4 Å². The molecule has 96 valence electrons. The highest BCUT2D eigenvalue weighted by Crippen LogP contribution is 2.35. The monoisotopic (exact) mass is 280 g/mol. The van der Waals surface area contributed by atoms with Crippen molar-refractivity contribution in [1.82, 2.24) is 4.98 Å². The van der Waals surface area contributed by atoms with Crippen LogP contribution in [0.3, 0.4) is 0 Å². The van der Waals surface area contributed by atoms with E-state index in [0.29, 0.717) is 6.07 Å². The number of alkyl halides is 3. The maximum atomic E-state index is 13.5. The number of nitrogen functional groups attached to an aromatic ring is 1. The Morgan fingerprint density at radius 3 is 2.28 bits per heavy atom. The number of thiazole rings is 1. The second-order valence-electron chi connectivity index (χ2n) is 3.36. The van der Waals surface area contributed by atoms with Crippen molar-refractivity contribution in [1.29, 1.82) is 0 Å². The van der Waals surface area contributed by atoms with Crippen molar-refractivity contribution in [3.05, 3.63) is 34.7 Å². The Morgan fingerprint density at radius 2 is 1.78 bits per heavy atom. The number of halogens is 5. The number of nitrogens with zero attached hydrogens (tertiary/aromatic N) is 1. The molecule has 1 heterocycles. The lowest BCUT2D eigenvalue weighted by molar-refractivity contribution is -0.140. The van der Waals surface area contributed by atoms with Gasteiger partial charge in [0.15, 0.2) is 16.8 Å². The molecule has 0 amide bonds. The molecule has 18 heavy (non-hydrogen) atoms. The van der Waals surface area contributed by atoms with Gasteiger partial charge in [0.25, 0.3) is 0 Å². The number of anilines is 1. The molecule has 0 bridgehead atoms. The number of hydrogen-bond donors (Lipinski definition) is 1. The lowest BCUT2D eigenvalue weighted by Crippen LogP contribution is -2.10. The van der Waals surface area contributed by atoms with Crippen molar-refractivity contribution in [2.75, 3.05) is 5.73 Å². The molecule has 2 nitrogen and oxygen atoms in total. The molecule has 0 aliphatic heterocycles. The van der Waals surface area contributed by atoms with Gasteiger partial charge in [-0.25, -0.2) is 13.8 Å². The van der Waals surface area contributed by atoms with E-state index in [4.69, 9.17) is 5.73 Å². The van der Waals surface area contributed by atoms with Gasteiger partial charge >= 0.3 is 6.18 Å². The zero-order valence-electron chi connectivity index (χ0n) is 8.55. The lowest BCUT2D eigenvalue weighted by Gasteiger charge is -2.09. The van der Waals surface area contributed by atoms with Crippen LogP contribution in [0.2, 0.25) is 0 Å². The summed E-state index contributed by atoms with van der Waals surface area (Å²) in [5, 5.41) is 1.45. The van der Waals surface area contributed by atoms with E-state index >= 15 is 0 Å². The fraction of sp³-hybridized carbons (Fsp3) is 0.100. The maximum Gasteiger partial charge on any atom is 0.419 e. The normalized spacial score (nSPS) is 11.8. The molecule has 0 aliphatic carbocycles. The summed E-state index contributed by atoms with van der Waals surface area (Å²) in [5.74, 6) is -3.53. The van der Waals surface area contributed by atoms with Crippen LogP contribution < -0.4 is 5.73 Å². The van der Waals surface area contributed by atoms with Crippen molar-refractivity contribution in [3.63, 3.8) is 0 Å². The second kappa shape index (κ2) is 4.20. The average molecular weight is 280 g/mol. The SMILES string of the molecule is Nc1nc(-c2ccc(C(F)(F)F)c(F)c2F)cs1. The minimum atomic E-state index is -4.94. The third-order valence-corrected chi connectivity index (χ3v) is 2.86. The van der Waals surface area contributed by atoms with E-state index in [-0.39, 0.29) is 16.4 Å². The molecule has 0 unspecified atom stereocenters. The van der Waals surface area contributed by atoms with Gasteiger partial charge < -0.3 is 5.73 Å². The first-order chi connectivity index (χ1) is 8.30. The summed E-state index contributed by atoms with van der Waals surface area (Å²) in [5.41, 5.74) is 3.32. The fourth-order valence-electron chi connectivity index (χ4n) is 1.38. The van der Waals surface area contributed by atoms with E-state index in [0.717, 1.165) is 17.4 Å². The molecular formula is C10H5F5N2S. The molecule has 0 aliphatic rings. The summed E-state index contributed by atoms with van der Waals surface area (Å²) in [4.78, 5) is 3.68. The lowest BCUT2D eigenvalue weighted by atomic mass is 10.1. The minimum absolute atomic E-state index is 0.00243. The summed E-state index contributed by atoms with van der Waals surface area (Å²) in [6.07, 6.45) is -4.94. The number of rotatable bonds is 1. The summed E-state index contributed by atoms with van der Waals surface area (Å²) in [6, 6.07) is 1.30. The summed E-state index contributed by atoms with van der Waals surface area (Å²) < 4.78 is 63.8. The second-order valence-corrected chi connectivity index (χ2v) is 4.25. The van der Waals surface area contributed by atoms with Crippen molar-refractivity contribution in [2.24, 2.45) is 0 Å². The molecular weight excluding hydrogens is 275 g/mol. The van der Waals surface area contributed by atoms with Gasteiger partial charge in [-0.05, 0) is 12.1 Å². The molecule has 0 atom stereocenters. The van der Waals surface area contributed by atoms with Crippen LogP contribution in [-0.2, 0) is 6.18 Å². The molecule has 2 rings (SSSR count). The van der Waals surface area contributed by atoms with Gasteiger partial charge in [0, 0.05) is 10.9 Å². The van der Waals surface area contributed by atoms with Crippen LogP contribution in [0.4, 0.5) is 27.1 Å². The van der Waals surface area contributed by atoms with E-state index in [1.54, 1.807) is 0 Å². The van der Waals surface area contributed by atoms with Gasteiger partial charge in [0.1, 0.15) is 0 Å². The predicted octanol–water partition coefficient (Wildman–Crippen LogP) is 3.69. The molecule has 0 fully saturated rings. The molecule has 2 N–H and O–H groups in total. The highest BCUT2D eigenvalue weighted by molar-refractivity contribution is 7.13. The largest absolute Gasteiger partial charge is 0.419 e. The zero-order valence-corrected chi connectivity index (χ0v) is 9.37. The molecule has 1 aromatic carbocycles. The molecule has 0 radical (unpaired) electrons. The van der Waals surface area contributed by atoms with Crippen LogP contribution in [-0.4, -0.2) is 4.98 Å². The van der Waals surface area contributed by atoms with Gasteiger partial charge in [-0.3, -0.25) is 0 Å². The Balaban J connectivity index is 2.57. The third-order valence-electron chi connectivity index (χ3n) is 2.19. The van der Waals surface area contributed by atoms with E-state index in [9.17, 15) is 22.0 Å². The Bertz CT molecular complexity index is 590. The van der Waals surface area contributed by atoms with Crippen LogP contribution in [0.15, 0.2) is 17.5 Å². The Labute approximate surface area is 102 Å². The topological polar surface area (TPSA) is 38.9 Å². The molecule has 0 saturated heterocycles. The quantitative estimate of drug-likeness (QED) is 0.809. The highest BCUT2D eigenvalue weighted by atomic mass is 32.1. The maximum absolute atomic E-state index is 13.5. The van der Waals surface area contributed by atoms with E-state index in [1.807, 2.05) is 0 Å². The first-order valence-corrected chi connectivity index (χ1v) is 5.45. The molecule has 1 aromatic heterocycles. The fourth-order valence-corrected chi connectivity index (χ4v) is 1.94. The number of nitrogens with two attached hydrogens (primary N) is 1. The number of benzene rings is 1. The number of hydrogen-bond acceptors (Lipinski definition) is 3. The highest BCUT2D eigenvalue weighted by Gasteiger charge is 2.36. The standard InChI is InChI=1S/C10H5F5N2S/c11-7-4(6-3-18-9(16)17-6)1-2-5(8(7)12)10(13,14)15/h1-3H,(H2,16,17). The van der Waals surface area contributed by atoms with Gasteiger partial charge in [-0.1, -0.05) is 0 Å². The van der Waals surface area contributed by atoms with Gasteiger partial charge in [0.2, 0.25) is 0 Å². The number of aromatic nitrogens is 1. The van der Waals surface area contributed by atoms with E-state index in [1.165, 1.54) is 5.38 Å². The Morgan fingerprint density at radius 1 is 1.11 bits per heavy atom. The van der Waals surface area contributed by atoms with Crippen LogP contribution >= 0.6 is 11.3 Å². The van der Waals surface area contributed by atoms with Crippen molar-refractivity contribution in [3.8, 4) is 11.3 Å².